The molecule has 32 heavy (non-hydrogen) atoms. The Hall–Kier alpha value is -3.37. The van der Waals surface area contributed by atoms with Crippen LogP contribution in [0.2, 0.25) is 0 Å². The molecule has 0 aromatic carbocycles. The summed E-state index contributed by atoms with van der Waals surface area (Å²) in [5, 5.41) is 11.0. The summed E-state index contributed by atoms with van der Waals surface area (Å²) < 4.78 is 21.7. The summed E-state index contributed by atoms with van der Waals surface area (Å²) in [6.07, 6.45) is 2.64. The third-order valence-corrected chi connectivity index (χ3v) is 6.21. The van der Waals surface area contributed by atoms with Gasteiger partial charge in [0.15, 0.2) is 5.82 Å². The molecule has 0 saturated carbocycles. The van der Waals surface area contributed by atoms with E-state index in [0.29, 0.717) is 44.1 Å². The van der Waals surface area contributed by atoms with Gasteiger partial charge in [-0.1, -0.05) is 0 Å². The number of hydrogen-bond donors (Lipinski definition) is 2. The zero-order chi connectivity index (χ0) is 21.7. The molecule has 10 heteroatoms. The van der Waals surface area contributed by atoms with Crippen LogP contribution in [0.5, 0.6) is 0 Å². The standard InChI is InChI=1S/C22H23FN8O/c1-24-21-20-14(16-4-5-17-18(26-16)3-2-7-25-17)6-8-31(20)29-22(28-21)27-19-10-30(9-15(19)23)13-11-32-12-13/h2-8,13,15,19H,9-12H2,1H3,(H2,24,27,28,29)/t15-,19+/m0/s1. The van der Waals surface area contributed by atoms with Gasteiger partial charge in [0.1, 0.15) is 11.7 Å². The second-order valence-electron chi connectivity index (χ2n) is 8.21. The number of halogens is 1. The summed E-state index contributed by atoms with van der Waals surface area (Å²) in [4.78, 5) is 15.9. The normalized spacial score (nSPS) is 21.8. The van der Waals surface area contributed by atoms with Gasteiger partial charge in [-0.05, 0) is 30.3 Å². The fraction of sp³-hybridized carbons (Fsp3) is 0.364. The summed E-state index contributed by atoms with van der Waals surface area (Å²) in [5.41, 5.74) is 4.20. The highest BCUT2D eigenvalue weighted by Gasteiger charge is 2.39. The molecule has 0 aliphatic carbocycles. The van der Waals surface area contributed by atoms with Crippen molar-refractivity contribution in [2.75, 3.05) is 44.0 Å². The van der Waals surface area contributed by atoms with E-state index in [9.17, 15) is 4.39 Å². The van der Waals surface area contributed by atoms with E-state index in [-0.39, 0.29) is 6.04 Å². The first-order valence-corrected chi connectivity index (χ1v) is 10.7. The summed E-state index contributed by atoms with van der Waals surface area (Å²) in [7, 11) is 1.81. The maximum absolute atomic E-state index is 14.7. The smallest absolute Gasteiger partial charge is 0.243 e. The highest BCUT2D eigenvalue weighted by molar-refractivity contribution is 5.89. The first kappa shape index (κ1) is 19.3. The number of hydrogen-bond acceptors (Lipinski definition) is 8. The molecule has 2 atom stereocenters. The molecule has 0 bridgehead atoms. The van der Waals surface area contributed by atoms with Crippen molar-refractivity contribution in [3.8, 4) is 11.3 Å². The van der Waals surface area contributed by atoms with Crippen molar-refractivity contribution in [3.63, 3.8) is 0 Å². The molecule has 9 nitrogen and oxygen atoms in total. The number of aromatic nitrogens is 5. The third-order valence-electron chi connectivity index (χ3n) is 6.21. The largest absolute Gasteiger partial charge is 0.378 e. The van der Waals surface area contributed by atoms with Crippen LogP contribution in [-0.2, 0) is 4.74 Å². The molecule has 2 N–H and O–H groups in total. The number of nitrogens with one attached hydrogen (secondary N) is 2. The zero-order valence-electron chi connectivity index (χ0n) is 17.6. The Morgan fingerprint density at radius 3 is 2.81 bits per heavy atom. The Kier molecular flexibility index (Phi) is 4.62. The van der Waals surface area contributed by atoms with Crippen molar-refractivity contribution in [2.45, 2.75) is 18.3 Å². The number of rotatable bonds is 5. The van der Waals surface area contributed by atoms with Crippen molar-refractivity contribution >= 4 is 28.3 Å². The predicted octanol–water partition coefficient (Wildman–Crippen LogP) is 2.21. The molecule has 4 aromatic heterocycles. The highest BCUT2D eigenvalue weighted by atomic mass is 19.1. The SMILES string of the molecule is CNc1nc(N[C@@H]2CN(C3COC3)C[C@@H]2F)nn2ccc(-c3ccc4ncccc4n3)c12. The second-order valence-corrected chi connectivity index (χ2v) is 8.21. The summed E-state index contributed by atoms with van der Waals surface area (Å²) in [5.74, 6) is 1.03. The fourth-order valence-corrected chi connectivity index (χ4v) is 4.40. The van der Waals surface area contributed by atoms with Crippen molar-refractivity contribution in [3.05, 3.63) is 42.7 Å². The Morgan fingerprint density at radius 2 is 2.00 bits per heavy atom. The molecular formula is C22H23FN8O. The van der Waals surface area contributed by atoms with Crippen molar-refractivity contribution in [1.82, 2.24) is 29.5 Å². The lowest BCUT2D eigenvalue weighted by atomic mass is 10.1. The molecule has 6 rings (SSSR count). The van der Waals surface area contributed by atoms with Crippen LogP contribution in [0, 0.1) is 0 Å². The van der Waals surface area contributed by atoms with Gasteiger partial charge in [-0.3, -0.25) is 9.88 Å². The molecule has 2 fully saturated rings. The molecular weight excluding hydrogens is 411 g/mol. The van der Waals surface area contributed by atoms with Gasteiger partial charge in [0.25, 0.3) is 0 Å². The third kappa shape index (κ3) is 3.23. The molecule has 164 valence electrons. The molecule has 0 amide bonds. The molecule has 2 aliphatic rings. The van der Waals surface area contributed by atoms with Crippen molar-refractivity contribution in [1.29, 1.82) is 0 Å². The minimum Gasteiger partial charge on any atom is -0.378 e. The quantitative estimate of drug-likeness (QED) is 0.494. The Balaban J connectivity index is 1.32. The Labute approximate surface area is 183 Å². The number of fused-ring (bicyclic) bond motifs is 2. The van der Waals surface area contributed by atoms with Gasteiger partial charge in [-0.2, -0.15) is 4.98 Å². The van der Waals surface area contributed by atoms with Gasteiger partial charge in [-0.25, -0.2) is 13.9 Å². The molecule has 0 radical (unpaired) electrons. The molecule has 2 aliphatic heterocycles. The number of likely N-dealkylation sites (tertiary alicyclic amines) is 1. The lowest BCUT2D eigenvalue weighted by Gasteiger charge is -2.34. The van der Waals surface area contributed by atoms with Gasteiger partial charge in [-0.15, -0.1) is 5.10 Å². The molecule has 6 heterocycles. The van der Waals surface area contributed by atoms with Crippen molar-refractivity contribution < 1.29 is 9.13 Å². The zero-order valence-corrected chi connectivity index (χ0v) is 17.6. The number of pyridine rings is 2. The lowest BCUT2D eigenvalue weighted by Crippen LogP contribution is -2.48. The fourth-order valence-electron chi connectivity index (χ4n) is 4.40. The van der Waals surface area contributed by atoms with Gasteiger partial charge in [0.2, 0.25) is 5.95 Å². The topological polar surface area (TPSA) is 92.5 Å². The van der Waals surface area contributed by atoms with Gasteiger partial charge in [0, 0.05) is 38.1 Å². The van der Waals surface area contributed by atoms with E-state index in [1.807, 2.05) is 43.6 Å². The van der Waals surface area contributed by atoms with E-state index >= 15 is 0 Å². The summed E-state index contributed by atoms with van der Waals surface area (Å²) in [6.45, 7) is 2.37. The molecule has 0 spiro atoms. The van der Waals surface area contributed by atoms with E-state index in [0.717, 1.165) is 27.8 Å². The van der Waals surface area contributed by atoms with E-state index in [2.05, 4.69) is 30.6 Å². The summed E-state index contributed by atoms with van der Waals surface area (Å²) in [6, 6.07) is 9.63. The Bertz CT molecular complexity index is 1290. The maximum Gasteiger partial charge on any atom is 0.243 e. The first-order chi connectivity index (χ1) is 15.7. The Morgan fingerprint density at radius 1 is 1.09 bits per heavy atom. The van der Waals surface area contributed by atoms with Gasteiger partial charge >= 0.3 is 0 Å². The van der Waals surface area contributed by atoms with Gasteiger partial charge in [0.05, 0.1) is 42.0 Å². The minimum atomic E-state index is -0.983. The minimum absolute atomic E-state index is 0.313. The summed E-state index contributed by atoms with van der Waals surface area (Å²) >= 11 is 0. The van der Waals surface area contributed by atoms with E-state index in [1.54, 1.807) is 10.7 Å². The van der Waals surface area contributed by atoms with Crippen LogP contribution in [0.4, 0.5) is 16.2 Å². The molecule has 2 saturated heterocycles. The van der Waals surface area contributed by atoms with Crippen LogP contribution in [0.15, 0.2) is 42.7 Å². The van der Waals surface area contributed by atoms with E-state index < -0.39 is 6.17 Å². The highest BCUT2D eigenvalue weighted by Crippen LogP contribution is 2.30. The average Bonchev–Trinajstić information content (AvgIpc) is 3.35. The second kappa shape index (κ2) is 7.64. The van der Waals surface area contributed by atoms with Crippen LogP contribution in [-0.4, -0.2) is 81.1 Å². The number of nitrogens with zero attached hydrogens (tertiary/aromatic N) is 6. The monoisotopic (exact) mass is 434 g/mol. The predicted molar refractivity (Wildman–Crippen MR) is 120 cm³/mol. The van der Waals surface area contributed by atoms with Crippen LogP contribution in [0.25, 0.3) is 27.8 Å². The van der Waals surface area contributed by atoms with E-state index in [1.165, 1.54) is 0 Å². The van der Waals surface area contributed by atoms with E-state index in [4.69, 9.17) is 9.72 Å². The van der Waals surface area contributed by atoms with Crippen LogP contribution < -0.4 is 10.6 Å². The number of alkyl halides is 1. The first-order valence-electron chi connectivity index (χ1n) is 10.7. The number of ether oxygens (including phenoxy) is 1. The molecule has 0 unspecified atom stereocenters. The molecule has 4 aromatic rings. The lowest BCUT2D eigenvalue weighted by molar-refractivity contribution is -0.0585. The van der Waals surface area contributed by atoms with Crippen LogP contribution in [0.1, 0.15) is 0 Å². The van der Waals surface area contributed by atoms with Crippen LogP contribution >= 0.6 is 0 Å². The van der Waals surface area contributed by atoms with Crippen molar-refractivity contribution in [2.24, 2.45) is 0 Å². The maximum atomic E-state index is 14.7. The number of anilines is 2. The van der Waals surface area contributed by atoms with Crippen LogP contribution in [0.3, 0.4) is 0 Å². The van der Waals surface area contributed by atoms with Gasteiger partial charge < -0.3 is 15.4 Å². The average molecular weight is 434 g/mol.